The minimum atomic E-state index is -0.605. The van der Waals surface area contributed by atoms with Gasteiger partial charge in [-0.2, -0.15) is 0 Å². The van der Waals surface area contributed by atoms with Gasteiger partial charge in [0.1, 0.15) is 6.29 Å². The number of unbranched alkanes of at least 4 members (excludes halogenated alkanes) is 10. The number of hydrogen-bond acceptors (Lipinski definition) is 2. The minimum absolute atomic E-state index is 0.605. The van der Waals surface area contributed by atoms with E-state index >= 15 is 0 Å². The van der Waals surface area contributed by atoms with Crippen molar-refractivity contribution in [2.24, 2.45) is 0 Å². The predicted octanol–water partition coefficient (Wildman–Crippen LogP) is 3.85. The van der Waals surface area contributed by atoms with Gasteiger partial charge in [-0.05, 0) is 12.8 Å². The molecule has 0 saturated carbocycles. The lowest BCUT2D eigenvalue weighted by Gasteiger charge is -2.01. The molecule has 0 aromatic heterocycles. The number of carbonyl (C=O) groups is 1. The molecule has 0 fully saturated rings. The van der Waals surface area contributed by atoms with Gasteiger partial charge in [0.2, 0.25) is 0 Å². The van der Waals surface area contributed by atoms with E-state index in [1.165, 1.54) is 51.4 Å². The molecule has 0 N–H and O–H groups in total. The fraction of sp³-hybridized carbons (Fsp3) is 0.929. The fourth-order valence-corrected chi connectivity index (χ4v) is 2.56. The van der Waals surface area contributed by atoms with Crippen LogP contribution in [0.1, 0.15) is 70.6 Å². The maximum atomic E-state index is 10.8. The van der Waals surface area contributed by atoms with Crippen LogP contribution in [-0.2, 0) is 15.6 Å². The Labute approximate surface area is 109 Å². The highest BCUT2D eigenvalue weighted by Gasteiger charge is 1.94. The largest absolute Gasteiger partial charge is 0.303 e. The molecule has 0 heterocycles. The first-order valence-corrected chi connectivity index (χ1v) is 8.73. The predicted molar refractivity (Wildman–Crippen MR) is 75.8 cm³/mol. The van der Waals surface area contributed by atoms with Gasteiger partial charge < -0.3 is 4.79 Å². The highest BCUT2D eigenvalue weighted by Crippen LogP contribution is 2.11. The molecule has 0 bridgehead atoms. The average Bonchev–Trinajstić information content (AvgIpc) is 2.30. The first kappa shape index (κ1) is 16.8. The third-order valence-corrected chi connectivity index (χ3v) is 3.87. The zero-order chi connectivity index (χ0) is 12.8. The second kappa shape index (κ2) is 13.9. The topological polar surface area (TPSA) is 34.1 Å². The second-order valence-corrected chi connectivity index (χ2v) is 6.32. The summed E-state index contributed by atoms with van der Waals surface area (Å²) in [6, 6.07) is 0. The van der Waals surface area contributed by atoms with E-state index in [0.717, 1.165) is 31.3 Å². The summed E-state index contributed by atoms with van der Waals surface area (Å²) in [7, 11) is -0.605. The SMILES string of the molecule is CS(=O)CCCCCCCCCCCCC=O. The number of rotatable bonds is 13. The maximum Gasteiger partial charge on any atom is 0.119 e. The minimum Gasteiger partial charge on any atom is -0.303 e. The normalized spacial score (nSPS) is 12.5. The first-order chi connectivity index (χ1) is 8.27. The molecule has 17 heavy (non-hydrogen) atoms. The zero-order valence-electron chi connectivity index (χ0n) is 11.3. The molecule has 0 radical (unpaired) electrons. The third kappa shape index (κ3) is 15.8. The van der Waals surface area contributed by atoms with Gasteiger partial charge in [-0.15, -0.1) is 0 Å². The Bertz CT molecular complexity index is 193. The summed E-state index contributed by atoms with van der Waals surface area (Å²) in [5.74, 6) is 0.872. The van der Waals surface area contributed by atoms with Crippen LogP contribution >= 0.6 is 0 Å². The van der Waals surface area contributed by atoms with Gasteiger partial charge in [0.05, 0.1) is 0 Å². The lowest BCUT2D eigenvalue weighted by atomic mass is 10.1. The molecule has 102 valence electrons. The van der Waals surface area contributed by atoms with Crippen LogP contribution in [0.2, 0.25) is 0 Å². The van der Waals surface area contributed by atoms with Gasteiger partial charge >= 0.3 is 0 Å². The Morgan fingerprint density at radius 2 is 1.18 bits per heavy atom. The Morgan fingerprint density at radius 1 is 0.765 bits per heavy atom. The number of hydrogen-bond donors (Lipinski definition) is 0. The molecule has 0 aromatic rings. The van der Waals surface area contributed by atoms with Gasteiger partial charge in [0.15, 0.2) is 0 Å². The van der Waals surface area contributed by atoms with Crippen LogP contribution in [0.5, 0.6) is 0 Å². The van der Waals surface area contributed by atoms with E-state index in [1.54, 1.807) is 6.26 Å². The van der Waals surface area contributed by atoms with Gasteiger partial charge in [-0.1, -0.05) is 51.4 Å². The van der Waals surface area contributed by atoms with Crippen molar-refractivity contribution in [2.45, 2.75) is 70.6 Å². The smallest absolute Gasteiger partial charge is 0.119 e. The summed E-state index contributed by atoms with van der Waals surface area (Å²) in [5, 5.41) is 0. The van der Waals surface area contributed by atoms with Crippen molar-refractivity contribution < 1.29 is 9.00 Å². The van der Waals surface area contributed by atoms with Crippen molar-refractivity contribution in [3.8, 4) is 0 Å². The van der Waals surface area contributed by atoms with Gasteiger partial charge in [-0.25, -0.2) is 0 Å². The van der Waals surface area contributed by atoms with Crippen LogP contribution in [0.3, 0.4) is 0 Å². The molecule has 0 aliphatic carbocycles. The van der Waals surface area contributed by atoms with Crippen molar-refractivity contribution >= 4 is 17.1 Å². The van der Waals surface area contributed by atoms with Crippen LogP contribution in [0.25, 0.3) is 0 Å². The molecular formula is C14H28O2S. The number of carbonyl (C=O) groups excluding carboxylic acids is 1. The van der Waals surface area contributed by atoms with E-state index in [-0.39, 0.29) is 0 Å². The Balaban J connectivity index is 2.94. The van der Waals surface area contributed by atoms with Crippen molar-refractivity contribution in [1.29, 1.82) is 0 Å². The summed E-state index contributed by atoms with van der Waals surface area (Å²) in [5.41, 5.74) is 0. The fourth-order valence-electron chi connectivity index (χ4n) is 1.95. The van der Waals surface area contributed by atoms with Gasteiger partial charge in [0, 0.05) is 29.2 Å². The van der Waals surface area contributed by atoms with Crippen molar-refractivity contribution in [3.05, 3.63) is 0 Å². The van der Waals surface area contributed by atoms with Crippen LogP contribution < -0.4 is 0 Å². The van der Waals surface area contributed by atoms with Crippen LogP contribution in [0, 0.1) is 0 Å². The molecular weight excluding hydrogens is 232 g/mol. The quantitative estimate of drug-likeness (QED) is 0.372. The molecule has 0 aliphatic heterocycles. The molecule has 1 unspecified atom stereocenters. The monoisotopic (exact) mass is 260 g/mol. The van der Waals surface area contributed by atoms with Crippen molar-refractivity contribution in [1.82, 2.24) is 0 Å². The molecule has 2 nitrogen and oxygen atoms in total. The van der Waals surface area contributed by atoms with Crippen molar-refractivity contribution in [3.63, 3.8) is 0 Å². The lowest BCUT2D eigenvalue weighted by molar-refractivity contribution is -0.107. The Morgan fingerprint density at radius 3 is 1.59 bits per heavy atom. The highest BCUT2D eigenvalue weighted by molar-refractivity contribution is 7.84. The van der Waals surface area contributed by atoms with E-state index in [0.29, 0.717) is 0 Å². The zero-order valence-corrected chi connectivity index (χ0v) is 12.1. The average molecular weight is 260 g/mol. The molecule has 0 saturated heterocycles. The van der Waals surface area contributed by atoms with E-state index < -0.39 is 10.8 Å². The standard InChI is InChI=1S/C14H28O2S/c1-17(16)14-12-10-8-6-4-2-3-5-7-9-11-13-15/h13H,2-12,14H2,1H3. The van der Waals surface area contributed by atoms with Gasteiger partial charge in [0.25, 0.3) is 0 Å². The Kier molecular flexibility index (Phi) is 13.7. The summed E-state index contributed by atoms with van der Waals surface area (Å²) in [4.78, 5) is 10.1. The molecule has 1 atom stereocenters. The summed E-state index contributed by atoms with van der Waals surface area (Å²) < 4.78 is 10.8. The maximum absolute atomic E-state index is 10.8. The number of aldehydes is 1. The van der Waals surface area contributed by atoms with Crippen LogP contribution in [0.4, 0.5) is 0 Å². The molecule has 0 amide bonds. The molecule has 0 aromatic carbocycles. The van der Waals surface area contributed by atoms with E-state index in [2.05, 4.69) is 0 Å². The second-order valence-electron chi connectivity index (χ2n) is 4.77. The molecule has 3 heteroatoms. The molecule has 0 rings (SSSR count). The van der Waals surface area contributed by atoms with Gasteiger partial charge in [-0.3, -0.25) is 4.21 Å². The lowest BCUT2D eigenvalue weighted by Crippen LogP contribution is -1.93. The summed E-state index contributed by atoms with van der Waals surface area (Å²) in [6.45, 7) is 0. The van der Waals surface area contributed by atoms with E-state index in [9.17, 15) is 9.00 Å². The van der Waals surface area contributed by atoms with E-state index in [1.807, 2.05) is 0 Å². The highest BCUT2D eigenvalue weighted by atomic mass is 32.2. The third-order valence-electron chi connectivity index (χ3n) is 3.00. The Hall–Kier alpha value is -0.180. The molecule has 0 aliphatic rings. The van der Waals surface area contributed by atoms with Crippen LogP contribution in [0.15, 0.2) is 0 Å². The van der Waals surface area contributed by atoms with Crippen LogP contribution in [-0.4, -0.2) is 22.5 Å². The molecule has 0 spiro atoms. The van der Waals surface area contributed by atoms with Crippen molar-refractivity contribution in [2.75, 3.05) is 12.0 Å². The summed E-state index contributed by atoms with van der Waals surface area (Å²) >= 11 is 0. The summed E-state index contributed by atoms with van der Waals surface area (Å²) in [6.07, 6.45) is 16.1. The first-order valence-electron chi connectivity index (χ1n) is 7.01. The van der Waals surface area contributed by atoms with E-state index in [4.69, 9.17) is 0 Å².